The highest BCUT2D eigenvalue weighted by molar-refractivity contribution is 6.31. The molecule has 1 N–H and O–H groups in total. The quantitative estimate of drug-likeness (QED) is 0.679. The molecule has 0 spiro atoms. The number of rotatable bonds is 3. The second-order valence-electron chi connectivity index (χ2n) is 7.11. The van der Waals surface area contributed by atoms with Gasteiger partial charge in [-0.2, -0.15) is 0 Å². The molecular formula is C21H20ClFN4O3. The van der Waals surface area contributed by atoms with Crippen molar-refractivity contribution in [3.63, 3.8) is 0 Å². The number of piperidine rings is 1. The van der Waals surface area contributed by atoms with E-state index in [9.17, 15) is 14.0 Å². The van der Waals surface area contributed by atoms with Gasteiger partial charge in [0.05, 0.1) is 30.0 Å². The summed E-state index contributed by atoms with van der Waals surface area (Å²) in [6.07, 6.45) is 2.67. The molecule has 2 amide bonds. The van der Waals surface area contributed by atoms with Crippen molar-refractivity contribution in [3.8, 4) is 5.75 Å². The van der Waals surface area contributed by atoms with Crippen LogP contribution in [-0.2, 0) is 0 Å². The highest BCUT2D eigenvalue weighted by Gasteiger charge is 2.25. The van der Waals surface area contributed by atoms with Crippen molar-refractivity contribution in [2.24, 2.45) is 0 Å². The molecule has 1 aliphatic rings. The normalized spacial score (nSPS) is 14.7. The zero-order valence-corrected chi connectivity index (χ0v) is 17.0. The van der Waals surface area contributed by atoms with Gasteiger partial charge in [-0.05, 0) is 49.2 Å². The van der Waals surface area contributed by atoms with Gasteiger partial charge in [0.1, 0.15) is 11.6 Å². The van der Waals surface area contributed by atoms with Crippen LogP contribution < -0.4 is 15.6 Å². The number of likely N-dealkylation sites (tertiary alicyclic amines) is 1. The Labute approximate surface area is 177 Å². The van der Waals surface area contributed by atoms with Crippen molar-refractivity contribution < 1.29 is 13.9 Å². The van der Waals surface area contributed by atoms with Crippen molar-refractivity contribution in [2.45, 2.75) is 18.9 Å². The minimum absolute atomic E-state index is 0.109. The molecule has 3 aromatic rings. The molecule has 0 bridgehead atoms. The van der Waals surface area contributed by atoms with Gasteiger partial charge in [-0.1, -0.05) is 11.6 Å². The van der Waals surface area contributed by atoms with E-state index in [1.807, 2.05) is 0 Å². The van der Waals surface area contributed by atoms with Crippen molar-refractivity contribution in [1.82, 2.24) is 14.5 Å². The third kappa shape index (κ3) is 3.95. The lowest BCUT2D eigenvalue weighted by Gasteiger charge is -2.33. The van der Waals surface area contributed by atoms with Gasteiger partial charge in [-0.3, -0.25) is 9.36 Å². The first kappa shape index (κ1) is 20.2. The Morgan fingerprint density at radius 3 is 2.73 bits per heavy atom. The number of benzene rings is 2. The summed E-state index contributed by atoms with van der Waals surface area (Å²) in [6, 6.07) is 8.61. The molecule has 1 saturated heterocycles. The van der Waals surface area contributed by atoms with Crippen LogP contribution in [0.4, 0.5) is 14.9 Å². The number of amides is 2. The molecule has 0 radical (unpaired) electrons. The van der Waals surface area contributed by atoms with Crippen LogP contribution >= 0.6 is 11.6 Å². The molecule has 1 fully saturated rings. The number of nitrogens with one attached hydrogen (secondary N) is 1. The average molecular weight is 431 g/mol. The van der Waals surface area contributed by atoms with E-state index in [4.69, 9.17) is 16.3 Å². The van der Waals surface area contributed by atoms with Gasteiger partial charge in [0.15, 0.2) is 0 Å². The summed E-state index contributed by atoms with van der Waals surface area (Å²) < 4.78 is 20.3. The molecule has 156 valence electrons. The minimum atomic E-state index is -0.470. The Morgan fingerprint density at radius 1 is 1.23 bits per heavy atom. The number of aromatic nitrogens is 2. The van der Waals surface area contributed by atoms with Crippen molar-refractivity contribution in [3.05, 3.63) is 63.9 Å². The van der Waals surface area contributed by atoms with Crippen LogP contribution in [0, 0.1) is 5.82 Å². The van der Waals surface area contributed by atoms with Crippen molar-refractivity contribution in [2.75, 3.05) is 25.5 Å². The maximum atomic E-state index is 13.5. The number of hydrogen-bond acceptors (Lipinski definition) is 4. The summed E-state index contributed by atoms with van der Waals surface area (Å²) in [6.45, 7) is 0.931. The predicted molar refractivity (Wildman–Crippen MR) is 113 cm³/mol. The molecular weight excluding hydrogens is 411 g/mol. The summed E-state index contributed by atoms with van der Waals surface area (Å²) in [5.74, 6) is 0.0470. The zero-order chi connectivity index (χ0) is 21.3. The number of nitrogens with zero attached hydrogens (tertiary/aromatic N) is 3. The van der Waals surface area contributed by atoms with Crippen LogP contribution in [0.2, 0.25) is 5.02 Å². The fourth-order valence-electron chi connectivity index (χ4n) is 3.69. The first-order valence-corrected chi connectivity index (χ1v) is 9.90. The van der Waals surface area contributed by atoms with Crippen LogP contribution in [0.1, 0.15) is 18.9 Å². The van der Waals surface area contributed by atoms with E-state index < -0.39 is 5.82 Å². The number of fused-ring (bicyclic) bond motifs is 1. The topological polar surface area (TPSA) is 76.5 Å². The maximum absolute atomic E-state index is 13.5. The Balaban J connectivity index is 1.46. The van der Waals surface area contributed by atoms with E-state index in [-0.39, 0.29) is 23.0 Å². The molecule has 2 heterocycles. The smallest absolute Gasteiger partial charge is 0.321 e. The molecule has 4 rings (SSSR count). The average Bonchev–Trinajstić information content (AvgIpc) is 2.75. The van der Waals surface area contributed by atoms with E-state index in [1.165, 1.54) is 36.2 Å². The Morgan fingerprint density at radius 2 is 2.00 bits per heavy atom. The lowest BCUT2D eigenvalue weighted by Crippen LogP contribution is -2.42. The zero-order valence-electron chi connectivity index (χ0n) is 16.3. The third-order valence-corrected chi connectivity index (χ3v) is 5.53. The van der Waals surface area contributed by atoms with Crippen LogP contribution in [0.3, 0.4) is 0 Å². The van der Waals surface area contributed by atoms with Gasteiger partial charge in [-0.15, -0.1) is 0 Å². The van der Waals surface area contributed by atoms with Gasteiger partial charge in [0.25, 0.3) is 5.56 Å². The maximum Gasteiger partial charge on any atom is 0.321 e. The first-order chi connectivity index (χ1) is 14.5. The van der Waals surface area contributed by atoms with Gasteiger partial charge < -0.3 is 15.0 Å². The molecule has 9 heteroatoms. The van der Waals surface area contributed by atoms with Crippen LogP contribution in [0.25, 0.3) is 10.9 Å². The lowest BCUT2D eigenvalue weighted by molar-refractivity contribution is 0.182. The highest BCUT2D eigenvalue weighted by Crippen LogP contribution is 2.29. The van der Waals surface area contributed by atoms with E-state index in [0.717, 1.165) is 0 Å². The molecule has 2 aromatic carbocycles. The summed E-state index contributed by atoms with van der Waals surface area (Å²) in [7, 11) is 1.52. The summed E-state index contributed by atoms with van der Waals surface area (Å²) in [5, 5.41) is 3.57. The number of ether oxygens (including phenoxy) is 1. The van der Waals surface area contributed by atoms with E-state index in [0.29, 0.717) is 47.9 Å². The summed E-state index contributed by atoms with van der Waals surface area (Å²) in [4.78, 5) is 31.4. The lowest BCUT2D eigenvalue weighted by atomic mass is 10.0. The second kappa shape index (κ2) is 8.31. The number of methoxy groups -OCH3 is 1. The van der Waals surface area contributed by atoms with Gasteiger partial charge >= 0.3 is 6.03 Å². The number of carbonyl (C=O) groups excluding carboxylic acids is 1. The molecule has 30 heavy (non-hydrogen) atoms. The largest absolute Gasteiger partial charge is 0.495 e. The molecule has 0 saturated carbocycles. The predicted octanol–water partition coefficient (Wildman–Crippen LogP) is 4.07. The highest BCUT2D eigenvalue weighted by atomic mass is 35.5. The summed E-state index contributed by atoms with van der Waals surface area (Å²) in [5.41, 5.74) is 0.685. The second-order valence-corrected chi connectivity index (χ2v) is 7.55. The summed E-state index contributed by atoms with van der Waals surface area (Å²) >= 11 is 6.01. The number of anilines is 1. The molecule has 0 aliphatic carbocycles. The Hall–Kier alpha value is -3.13. The minimum Gasteiger partial charge on any atom is -0.495 e. The van der Waals surface area contributed by atoms with Gasteiger partial charge in [0.2, 0.25) is 0 Å². The number of carbonyl (C=O) groups is 1. The number of hydrogen-bond donors (Lipinski definition) is 1. The van der Waals surface area contributed by atoms with Gasteiger partial charge in [0, 0.05) is 24.2 Å². The van der Waals surface area contributed by atoms with E-state index in [1.54, 1.807) is 23.1 Å². The SMILES string of the molecule is COc1ccc(Cl)cc1NC(=O)N1CCC(n2cnc3ccc(F)cc3c2=O)CC1. The molecule has 0 unspecified atom stereocenters. The molecule has 1 aliphatic heterocycles. The van der Waals surface area contributed by atoms with Crippen LogP contribution in [0.15, 0.2) is 47.5 Å². The molecule has 7 nitrogen and oxygen atoms in total. The molecule has 0 atom stereocenters. The van der Waals surface area contributed by atoms with Crippen molar-refractivity contribution >= 4 is 34.2 Å². The first-order valence-electron chi connectivity index (χ1n) is 9.52. The fourth-order valence-corrected chi connectivity index (χ4v) is 3.86. The molecule has 1 aromatic heterocycles. The van der Waals surface area contributed by atoms with E-state index >= 15 is 0 Å². The fraction of sp³-hybridized carbons (Fsp3) is 0.286. The number of halogens is 2. The number of urea groups is 1. The van der Waals surface area contributed by atoms with Crippen LogP contribution in [0.5, 0.6) is 5.75 Å². The Kier molecular flexibility index (Phi) is 5.59. The Bertz CT molecular complexity index is 1160. The third-order valence-electron chi connectivity index (χ3n) is 5.29. The van der Waals surface area contributed by atoms with E-state index in [2.05, 4.69) is 10.3 Å². The van der Waals surface area contributed by atoms with Crippen molar-refractivity contribution in [1.29, 1.82) is 0 Å². The monoisotopic (exact) mass is 430 g/mol. The van der Waals surface area contributed by atoms with Gasteiger partial charge in [-0.25, -0.2) is 14.2 Å². The standard InChI is InChI=1S/C21H20ClFN4O3/c1-30-19-5-2-13(22)10-18(19)25-21(29)26-8-6-15(7-9-26)27-12-24-17-4-3-14(23)11-16(17)20(27)28/h2-5,10-12,15H,6-9H2,1H3,(H,25,29). The van der Waals surface area contributed by atoms with Crippen LogP contribution in [-0.4, -0.2) is 40.7 Å².